The summed E-state index contributed by atoms with van der Waals surface area (Å²) < 4.78 is 44.5. The fourth-order valence-corrected chi connectivity index (χ4v) is 1.72. The minimum Gasteiger partial charge on any atom is -0.428 e. The Hall–Kier alpha value is -1.98. The van der Waals surface area contributed by atoms with Crippen LogP contribution in [0.3, 0.4) is 0 Å². The standard InChI is InChI=1S/C13H12F3NO2/c1-2-11(14)13(15,16)19-10-7-17-12(18)9-6-4-3-5-8(9)10/h3-7,11H,2H2,1H3,(H,17,18). The number of H-pyrrole nitrogens is 1. The highest BCUT2D eigenvalue weighted by Gasteiger charge is 2.42. The monoisotopic (exact) mass is 271 g/mol. The third kappa shape index (κ3) is 2.57. The summed E-state index contributed by atoms with van der Waals surface area (Å²) in [5.41, 5.74) is -0.418. The molecule has 0 aliphatic rings. The van der Waals surface area contributed by atoms with Crippen LogP contribution in [-0.2, 0) is 0 Å². The minimum absolute atomic E-state index is 0.211. The number of aromatic nitrogens is 1. The molecular formula is C13H12F3NO2. The van der Waals surface area contributed by atoms with Crippen molar-refractivity contribution in [2.24, 2.45) is 0 Å². The van der Waals surface area contributed by atoms with Crippen LogP contribution in [-0.4, -0.2) is 17.3 Å². The molecule has 1 heterocycles. The molecule has 1 N–H and O–H groups in total. The van der Waals surface area contributed by atoms with Gasteiger partial charge < -0.3 is 9.72 Å². The van der Waals surface area contributed by atoms with Gasteiger partial charge in [-0.15, -0.1) is 0 Å². The fraction of sp³-hybridized carbons (Fsp3) is 0.308. The molecule has 1 unspecified atom stereocenters. The van der Waals surface area contributed by atoms with Crippen LogP contribution in [0.1, 0.15) is 13.3 Å². The molecule has 0 amide bonds. The summed E-state index contributed by atoms with van der Waals surface area (Å²) in [7, 11) is 0. The Morgan fingerprint density at radius 1 is 1.32 bits per heavy atom. The quantitative estimate of drug-likeness (QED) is 0.927. The number of halogens is 3. The van der Waals surface area contributed by atoms with Crippen molar-refractivity contribution in [1.82, 2.24) is 4.98 Å². The van der Waals surface area contributed by atoms with Gasteiger partial charge in [0.1, 0.15) is 0 Å². The highest BCUT2D eigenvalue weighted by molar-refractivity contribution is 5.87. The molecule has 6 heteroatoms. The molecule has 0 radical (unpaired) electrons. The summed E-state index contributed by atoms with van der Waals surface area (Å²) >= 11 is 0. The summed E-state index contributed by atoms with van der Waals surface area (Å²) in [6.07, 6.45) is -5.69. The Kier molecular flexibility index (Phi) is 3.50. The predicted octanol–water partition coefficient (Wildman–Crippen LogP) is 3.25. The molecule has 19 heavy (non-hydrogen) atoms. The lowest BCUT2D eigenvalue weighted by Gasteiger charge is -2.21. The first kappa shape index (κ1) is 13.5. The topological polar surface area (TPSA) is 42.1 Å². The van der Waals surface area contributed by atoms with E-state index in [9.17, 15) is 18.0 Å². The van der Waals surface area contributed by atoms with Gasteiger partial charge in [0.05, 0.1) is 5.39 Å². The minimum atomic E-state index is -3.93. The van der Waals surface area contributed by atoms with Gasteiger partial charge in [-0.1, -0.05) is 25.1 Å². The molecule has 0 saturated carbocycles. The van der Waals surface area contributed by atoms with E-state index in [0.717, 1.165) is 6.20 Å². The Bertz CT molecular complexity index is 639. The Balaban J connectivity index is 2.47. The normalized spacial score (nSPS) is 13.5. The highest BCUT2D eigenvalue weighted by Crippen LogP contribution is 2.31. The van der Waals surface area contributed by atoms with Gasteiger partial charge in [0, 0.05) is 11.6 Å². The van der Waals surface area contributed by atoms with Crippen molar-refractivity contribution in [3.63, 3.8) is 0 Å². The van der Waals surface area contributed by atoms with Crippen molar-refractivity contribution in [3.05, 3.63) is 40.8 Å². The molecule has 2 aromatic rings. The number of rotatable bonds is 4. The number of fused-ring (bicyclic) bond motifs is 1. The summed E-state index contributed by atoms with van der Waals surface area (Å²) in [6.45, 7) is 1.30. The molecule has 3 nitrogen and oxygen atoms in total. The molecule has 102 valence electrons. The molecule has 0 aliphatic carbocycles. The Morgan fingerprint density at radius 3 is 2.58 bits per heavy atom. The first-order valence-corrected chi connectivity index (χ1v) is 5.77. The van der Waals surface area contributed by atoms with Crippen molar-refractivity contribution in [2.75, 3.05) is 0 Å². The molecule has 1 atom stereocenters. The van der Waals surface area contributed by atoms with E-state index >= 15 is 0 Å². The second-order valence-electron chi connectivity index (χ2n) is 4.07. The Labute approximate surface area is 107 Å². The second-order valence-corrected chi connectivity index (χ2v) is 4.07. The van der Waals surface area contributed by atoms with Crippen molar-refractivity contribution >= 4 is 10.8 Å². The third-order valence-corrected chi connectivity index (χ3v) is 2.74. The van der Waals surface area contributed by atoms with Crippen LogP contribution in [0.15, 0.2) is 35.3 Å². The van der Waals surface area contributed by atoms with E-state index in [1.54, 1.807) is 12.1 Å². The number of nitrogens with one attached hydrogen (secondary N) is 1. The summed E-state index contributed by atoms with van der Waals surface area (Å²) in [4.78, 5) is 13.8. The average molecular weight is 271 g/mol. The van der Waals surface area contributed by atoms with Crippen molar-refractivity contribution < 1.29 is 17.9 Å². The number of ether oxygens (including phenoxy) is 1. The molecule has 0 bridgehead atoms. The number of pyridine rings is 1. The SMILES string of the molecule is CCC(F)C(F)(F)Oc1c[nH]c(=O)c2ccccc12. The second kappa shape index (κ2) is 4.95. The van der Waals surface area contributed by atoms with Gasteiger partial charge in [-0.05, 0) is 12.5 Å². The largest absolute Gasteiger partial charge is 0.430 e. The zero-order valence-corrected chi connectivity index (χ0v) is 10.1. The zero-order chi connectivity index (χ0) is 14.0. The van der Waals surface area contributed by atoms with Crippen LogP contribution < -0.4 is 10.3 Å². The first-order valence-electron chi connectivity index (χ1n) is 5.77. The third-order valence-electron chi connectivity index (χ3n) is 2.74. The van der Waals surface area contributed by atoms with Gasteiger partial charge in [-0.25, -0.2) is 4.39 Å². The number of hydrogen-bond acceptors (Lipinski definition) is 2. The lowest BCUT2D eigenvalue weighted by atomic mass is 10.1. The van der Waals surface area contributed by atoms with E-state index in [1.807, 2.05) is 0 Å². The van der Waals surface area contributed by atoms with E-state index in [0.29, 0.717) is 0 Å². The Morgan fingerprint density at radius 2 is 1.95 bits per heavy atom. The lowest BCUT2D eigenvalue weighted by molar-refractivity contribution is -0.219. The van der Waals surface area contributed by atoms with E-state index in [4.69, 9.17) is 0 Å². The van der Waals surface area contributed by atoms with Gasteiger partial charge in [0.25, 0.3) is 5.56 Å². The molecule has 1 aromatic heterocycles. The van der Waals surface area contributed by atoms with Crippen LogP contribution in [0.5, 0.6) is 5.75 Å². The molecule has 2 rings (SSSR count). The van der Waals surface area contributed by atoms with E-state index < -0.39 is 17.8 Å². The van der Waals surface area contributed by atoms with E-state index in [1.165, 1.54) is 19.1 Å². The molecule has 1 aromatic carbocycles. The number of hydrogen-bond donors (Lipinski definition) is 1. The maximum Gasteiger partial charge on any atom is 0.430 e. The van der Waals surface area contributed by atoms with Crippen LogP contribution in [0.2, 0.25) is 0 Å². The number of aromatic amines is 1. The predicted molar refractivity (Wildman–Crippen MR) is 65.3 cm³/mol. The number of benzene rings is 1. The number of alkyl halides is 3. The van der Waals surface area contributed by atoms with E-state index in [-0.39, 0.29) is 22.9 Å². The van der Waals surface area contributed by atoms with Crippen molar-refractivity contribution in [2.45, 2.75) is 25.6 Å². The van der Waals surface area contributed by atoms with E-state index in [2.05, 4.69) is 9.72 Å². The van der Waals surface area contributed by atoms with Gasteiger partial charge in [0.2, 0.25) is 6.17 Å². The van der Waals surface area contributed by atoms with Gasteiger partial charge in [0.15, 0.2) is 5.75 Å². The maximum absolute atomic E-state index is 13.4. The van der Waals surface area contributed by atoms with Crippen LogP contribution in [0, 0.1) is 0 Å². The average Bonchev–Trinajstić information content (AvgIpc) is 2.41. The van der Waals surface area contributed by atoms with Crippen LogP contribution in [0.4, 0.5) is 13.2 Å². The smallest absolute Gasteiger partial charge is 0.428 e. The lowest BCUT2D eigenvalue weighted by Crippen LogP contribution is -2.36. The van der Waals surface area contributed by atoms with Crippen molar-refractivity contribution in [1.29, 1.82) is 0 Å². The van der Waals surface area contributed by atoms with Crippen molar-refractivity contribution in [3.8, 4) is 5.75 Å². The highest BCUT2D eigenvalue weighted by atomic mass is 19.3. The summed E-state index contributed by atoms with van der Waals surface area (Å²) in [5.74, 6) is -0.253. The zero-order valence-electron chi connectivity index (χ0n) is 10.1. The fourth-order valence-electron chi connectivity index (χ4n) is 1.72. The molecule has 0 spiro atoms. The molecule has 0 fully saturated rings. The molecule has 0 saturated heterocycles. The van der Waals surface area contributed by atoms with Crippen LogP contribution in [0.25, 0.3) is 10.8 Å². The van der Waals surface area contributed by atoms with Gasteiger partial charge in [-0.3, -0.25) is 4.79 Å². The van der Waals surface area contributed by atoms with Gasteiger partial charge >= 0.3 is 6.11 Å². The molecule has 0 aliphatic heterocycles. The van der Waals surface area contributed by atoms with Gasteiger partial charge in [-0.2, -0.15) is 8.78 Å². The first-order chi connectivity index (χ1) is 8.95. The molecular weight excluding hydrogens is 259 g/mol. The van der Waals surface area contributed by atoms with Crippen LogP contribution >= 0.6 is 0 Å². The summed E-state index contributed by atoms with van der Waals surface area (Å²) in [6, 6.07) is 6.13. The maximum atomic E-state index is 13.4. The summed E-state index contributed by atoms with van der Waals surface area (Å²) in [5, 5.41) is 0.428.